The van der Waals surface area contributed by atoms with Gasteiger partial charge in [-0.1, -0.05) is 54.5 Å². The highest BCUT2D eigenvalue weighted by Crippen LogP contribution is 2.38. The number of pyridine rings is 1. The molecule has 0 spiro atoms. The molecule has 4 aromatic rings. The van der Waals surface area contributed by atoms with Gasteiger partial charge in [-0.05, 0) is 55.0 Å². The monoisotopic (exact) mass is 606 g/mol. The van der Waals surface area contributed by atoms with Crippen LogP contribution in [0.25, 0.3) is 10.9 Å². The van der Waals surface area contributed by atoms with Crippen LogP contribution in [0.1, 0.15) is 60.5 Å². The summed E-state index contributed by atoms with van der Waals surface area (Å²) in [4.78, 5) is 26.1. The number of methoxy groups -OCH3 is 2. The number of ether oxygens (including phenoxy) is 3. The fourth-order valence-corrected chi connectivity index (χ4v) is 3.46. The zero-order valence-electron chi connectivity index (χ0n) is 28.1. The first-order valence-electron chi connectivity index (χ1n) is 15.0. The minimum atomic E-state index is -0.349. The maximum absolute atomic E-state index is 12.5. The first kappa shape index (κ1) is 39.2. The van der Waals surface area contributed by atoms with Crippen LogP contribution >= 0.6 is 0 Å². The molecule has 0 aliphatic rings. The minimum absolute atomic E-state index is 0.349. The number of hydrogen-bond donors (Lipinski definition) is 3. The van der Waals surface area contributed by atoms with Crippen LogP contribution in [0.5, 0.6) is 23.0 Å². The SMILES string of the molecule is CC.CC.CC.CCC=O.CNc1ccc(NC(=O)Nc2ccc(C)c(Oc3ccnc4cc(OC)c(OC)cc34)c2)cc1. The molecule has 240 valence electrons. The Hall–Kier alpha value is -4.79. The molecule has 0 atom stereocenters. The Kier molecular flexibility index (Phi) is 20.3. The average Bonchev–Trinajstić information content (AvgIpc) is 3.08. The van der Waals surface area contributed by atoms with Gasteiger partial charge < -0.3 is 35.0 Å². The molecule has 0 aliphatic carbocycles. The van der Waals surface area contributed by atoms with Gasteiger partial charge in [0.2, 0.25) is 0 Å². The summed E-state index contributed by atoms with van der Waals surface area (Å²) < 4.78 is 17.1. The lowest BCUT2D eigenvalue weighted by Crippen LogP contribution is -2.19. The van der Waals surface area contributed by atoms with Gasteiger partial charge in [0.25, 0.3) is 0 Å². The van der Waals surface area contributed by atoms with Crippen LogP contribution in [0.2, 0.25) is 0 Å². The van der Waals surface area contributed by atoms with Gasteiger partial charge in [-0.3, -0.25) is 4.98 Å². The predicted molar refractivity (Wildman–Crippen MR) is 185 cm³/mol. The fraction of sp³-hybridized carbons (Fsp3) is 0.343. The van der Waals surface area contributed by atoms with Gasteiger partial charge >= 0.3 is 6.03 Å². The number of aryl methyl sites for hydroxylation is 1. The Bertz CT molecular complexity index is 1390. The van der Waals surface area contributed by atoms with Gasteiger partial charge in [-0.2, -0.15) is 0 Å². The van der Waals surface area contributed by atoms with Crippen molar-refractivity contribution in [1.29, 1.82) is 0 Å². The minimum Gasteiger partial charge on any atom is -0.493 e. The van der Waals surface area contributed by atoms with Crippen molar-refractivity contribution in [1.82, 2.24) is 4.98 Å². The second kappa shape index (κ2) is 22.8. The summed E-state index contributed by atoms with van der Waals surface area (Å²) >= 11 is 0. The maximum Gasteiger partial charge on any atom is 0.323 e. The summed E-state index contributed by atoms with van der Waals surface area (Å²) in [5.74, 6) is 2.40. The van der Waals surface area contributed by atoms with Gasteiger partial charge in [0, 0.05) is 54.2 Å². The second-order valence-corrected chi connectivity index (χ2v) is 8.10. The molecule has 0 saturated heterocycles. The summed E-state index contributed by atoms with van der Waals surface area (Å²) in [5.41, 5.74) is 3.88. The van der Waals surface area contributed by atoms with Crippen LogP contribution in [0, 0.1) is 6.92 Å². The molecule has 3 N–H and O–H groups in total. The number of aromatic nitrogens is 1. The molecule has 0 saturated carbocycles. The molecule has 0 bridgehead atoms. The van der Waals surface area contributed by atoms with Crippen LogP contribution in [0.3, 0.4) is 0 Å². The van der Waals surface area contributed by atoms with Crippen molar-refractivity contribution in [2.75, 3.05) is 37.2 Å². The van der Waals surface area contributed by atoms with E-state index in [9.17, 15) is 9.59 Å². The van der Waals surface area contributed by atoms with Crippen molar-refractivity contribution >= 4 is 40.3 Å². The number of anilines is 3. The highest BCUT2D eigenvalue weighted by molar-refractivity contribution is 6.00. The molecule has 9 nitrogen and oxygen atoms in total. The summed E-state index contributed by atoms with van der Waals surface area (Å²) in [7, 11) is 5.01. The summed E-state index contributed by atoms with van der Waals surface area (Å²) in [5, 5.41) is 9.49. The molecule has 44 heavy (non-hydrogen) atoms. The third-order valence-electron chi connectivity index (χ3n) is 5.47. The maximum atomic E-state index is 12.5. The van der Waals surface area contributed by atoms with E-state index >= 15 is 0 Å². The van der Waals surface area contributed by atoms with Crippen LogP contribution < -0.4 is 30.2 Å². The van der Waals surface area contributed by atoms with E-state index in [0.717, 1.165) is 22.9 Å². The lowest BCUT2D eigenvalue weighted by Gasteiger charge is -2.15. The van der Waals surface area contributed by atoms with E-state index in [1.54, 1.807) is 38.6 Å². The number of nitrogens with zero attached hydrogens (tertiary/aromatic N) is 1. The predicted octanol–water partition coefficient (Wildman–Crippen LogP) is 9.71. The third kappa shape index (κ3) is 12.2. The molecule has 2 amide bonds. The smallest absolute Gasteiger partial charge is 0.323 e. The second-order valence-electron chi connectivity index (χ2n) is 8.10. The molecule has 0 aliphatic heterocycles. The number of rotatable bonds is 8. The number of hydrogen-bond acceptors (Lipinski definition) is 7. The summed E-state index contributed by atoms with van der Waals surface area (Å²) in [6.07, 6.45) is 3.19. The normalized spacial score (nSPS) is 9.07. The van der Waals surface area contributed by atoms with Gasteiger partial charge in [-0.25, -0.2) is 4.79 Å². The molecule has 4 rings (SSSR count). The van der Waals surface area contributed by atoms with E-state index in [1.807, 2.05) is 105 Å². The molecule has 0 unspecified atom stereocenters. The van der Waals surface area contributed by atoms with E-state index in [2.05, 4.69) is 20.9 Å². The Morgan fingerprint density at radius 2 is 1.27 bits per heavy atom. The fourth-order valence-electron chi connectivity index (χ4n) is 3.46. The number of nitrogens with one attached hydrogen (secondary N) is 3. The molecule has 3 aromatic carbocycles. The zero-order chi connectivity index (χ0) is 33.5. The van der Waals surface area contributed by atoms with Gasteiger partial charge in [0.1, 0.15) is 17.8 Å². The summed E-state index contributed by atoms with van der Waals surface area (Å²) in [6, 6.07) is 18.0. The van der Waals surface area contributed by atoms with E-state index in [-0.39, 0.29) is 6.03 Å². The lowest BCUT2D eigenvalue weighted by atomic mass is 10.1. The van der Waals surface area contributed by atoms with Crippen molar-refractivity contribution in [2.45, 2.75) is 61.8 Å². The molecule has 0 radical (unpaired) electrons. The van der Waals surface area contributed by atoms with Crippen molar-refractivity contribution in [2.24, 2.45) is 0 Å². The largest absolute Gasteiger partial charge is 0.493 e. The van der Waals surface area contributed by atoms with Crippen LogP contribution in [-0.2, 0) is 4.79 Å². The van der Waals surface area contributed by atoms with Crippen LogP contribution in [0.15, 0.2) is 66.9 Å². The molecule has 0 fully saturated rings. The number of amides is 2. The van der Waals surface area contributed by atoms with Gasteiger partial charge in [0.05, 0.1) is 19.7 Å². The molecular formula is C35H50N4O5. The van der Waals surface area contributed by atoms with Crippen LogP contribution in [0.4, 0.5) is 21.9 Å². The first-order chi connectivity index (χ1) is 21.4. The molecule has 1 heterocycles. The van der Waals surface area contributed by atoms with E-state index in [1.165, 1.54) is 0 Å². The van der Waals surface area contributed by atoms with E-state index in [4.69, 9.17) is 14.2 Å². The Morgan fingerprint density at radius 3 is 1.82 bits per heavy atom. The topological polar surface area (TPSA) is 111 Å². The standard InChI is InChI=1S/C26H26N4O4.C3H6O.3C2H6/c1-16-5-6-19(30-26(31)29-18-9-7-17(27-2)8-10-18)13-23(16)34-22-11-12-28-21-15-25(33-4)24(32-3)14-20(21)22;1-2-3-4;3*1-2/h5-15,27H,1-4H3,(H2,29,30,31);3H,2H2,1H3;3*1-2H3. The molecule has 1 aromatic heterocycles. The van der Waals surface area contributed by atoms with Crippen molar-refractivity contribution in [3.63, 3.8) is 0 Å². The average molecular weight is 607 g/mol. The number of carbonyl (C=O) groups excluding carboxylic acids is 2. The van der Waals surface area contributed by atoms with Crippen LogP contribution in [-0.4, -0.2) is 38.6 Å². The van der Waals surface area contributed by atoms with Crippen molar-refractivity contribution in [3.8, 4) is 23.0 Å². The first-order valence-corrected chi connectivity index (χ1v) is 15.0. The number of aldehydes is 1. The van der Waals surface area contributed by atoms with E-state index < -0.39 is 0 Å². The summed E-state index contributed by atoms with van der Waals surface area (Å²) in [6.45, 7) is 15.8. The zero-order valence-corrected chi connectivity index (χ0v) is 28.1. The number of carbonyl (C=O) groups is 2. The quantitative estimate of drug-likeness (QED) is 0.171. The van der Waals surface area contributed by atoms with Gasteiger partial charge in [-0.15, -0.1) is 0 Å². The highest BCUT2D eigenvalue weighted by Gasteiger charge is 2.13. The number of fused-ring (bicyclic) bond motifs is 1. The Labute approximate surface area is 263 Å². The third-order valence-corrected chi connectivity index (χ3v) is 5.47. The van der Waals surface area contributed by atoms with Gasteiger partial charge in [0.15, 0.2) is 11.5 Å². The number of benzene rings is 3. The van der Waals surface area contributed by atoms with Crippen molar-refractivity contribution < 1.29 is 23.8 Å². The van der Waals surface area contributed by atoms with E-state index in [0.29, 0.717) is 46.3 Å². The number of urea groups is 1. The molecule has 9 heteroatoms. The lowest BCUT2D eigenvalue weighted by molar-refractivity contribution is -0.107. The Morgan fingerprint density at radius 1 is 0.750 bits per heavy atom. The Balaban J connectivity index is 0.00000165. The molecular weight excluding hydrogens is 556 g/mol. The van der Waals surface area contributed by atoms with Crippen molar-refractivity contribution in [3.05, 3.63) is 72.4 Å². The highest BCUT2D eigenvalue weighted by atomic mass is 16.5.